The van der Waals surface area contributed by atoms with E-state index in [2.05, 4.69) is 9.97 Å². The molecule has 0 aliphatic heterocycles. The number of carbonyl (C=O) groups is 1. The van der Waals surface area contributed by atoms with Crippen molar-refractivity contribution in [3.63, 3.8) is 0 Å². The van der Waals surface area contributed by atoms with Crippen LogP contribution in [0.2, 0.25) is 0 Å². The Morgan fingerprint density at radius 2 is 1.05 bits per heavy atom. The van der Waals surface area contributed by atoms with E-state index in [9.17, 15) is 31.1 Å². The number of nitrogens with zero attached hydrogens (tertiary/aromatic N) is 2. The van der Waals surface area contributed by atoms with Crippen LogP contribution in [0.25, 0.3) is 43.8 Å². The third-order valence-corrected chi connectivity index (χ3v) is 8.20. The molecule has 0 aliphatic carbocycles. The SMILES string of the molecule is O=C(c1csc(-c2cc(C(F)(F)F)ccc2-c2ncco2)c1)c1csc(-c2cc(C(F)(F)F)ccc2-c2ncco2)c1. The molecule has 13 heteroatoms. The Labute approximate surface area is 240 Å². The van der Waals surface area contributed by atoms with E-state index in [0.29, 0.717) is 20.9 Å². The summed E-state index contributed by atoms with van der Waals surface area (Å²) in [4.78, 5) is 22.2. The Morgan fingerprint density at radius 1 is 0.619 bits per heavy atom. The standard InChI is InChI=1S/C29H14F6N2O3S2/c30-28(31,32)17-1-3-19(26-36-5-7-39-26)21(11-17)23-9-15(13-41-23)25(38)16-10-24(42-14-16)22-12-18(29(33,34)35)2-4-20(22)27-37-6-8-40-27/h1-14H. The van der Waals surface area contributed by atoms with Crippen LogP contribution in [0.1, 0.15) is 27.0 Å². The lowest BCUT2D eigenvalue weighted by atomic mass is 9.99. The van der Waals surface area contributed by atoms with Crippen LogP contribution in [0.15, 0.2) is 93.0 Å². The van der Waals surface area contributed by atoms with E-state index in [1.54, 1.807) is 0 Å². The summed E-state index contributed by atoms with van der Waals surface area (Å²) >= 11 is 2.13. The summed E-state index contributed by atoms with van der Waals surface area (Å²) < 4.78 is 91.6. The second-order valence-electron chi connectivity index (χ2n) is 8.92. The van der Waals surface area contributed by atoms with Gasteiger partial charge in [0.1, 0.15) is 12.5 Å². The number of ketones is 1. The first kappa shape index (κ1) is 27.7. The molecule has 6 rings (SSSR count). The minimum absolute atomic E-state index is 0.116. The van der Waals surface area contributed by atoms with Gasteiger partial charge in [-0.25, -0.2) is 9.97 Å². The van der Waals surface area contributed by atoms with Gasteiger partial charge in [0.2, 0.25) is 11.8 Å². The lowest BCUT2D eigenvalue weighted by molar-refractivity contribution is -0.138. The summed E-state index contributed by atoms with van der Waals surface area (Å²) in [6, 6.07) is 9.25. The molecule has 0 atom stereocenters. The molecule has 4 aromatic heterocycles. The van der Waals surface area contributed by atoms with Crippen LogP contribution in [0.3, 0.4) is 0 Å². The van der Waals surface area contributed by atoms with Gasteiger partial charge in [0, 0.05) is 53.9 Å². The molecule has 0 radical (unpaired) electrons. The number of thiophene rings is 2. The highest BCUT2D eigenvalue weighted by Crippen LogP contribution is 2.42. The zero-order valence-corrected chi connectivity index (χ0v) is 22.4. The molecule has 0 spiro atoms. The topological polar surface area (TPSA) is 69.1 Å². The highest BCUT2D eigenvalue weighted by Gasteiger charge is 2.33. The van der Waals surface area contributed by atoms with E-state index in [4.69, 9.17) is 8.83 Å². The van der Waals surface area contributed by atoms with E-state index < -0.39 is 29.3 Å². The Kier molecular flexibility index (Phi) is 6.86. The van der Waals surface area contributed by atoms with Crippen LogP contribution in [-0.2, 0) is 12.4 Å². The van der Waals surface area contributed by atoms with Gasteiger partial charge in [-0.1, -0.05) is 0 Å². The molecule has 0 saturated heterocycles. The van der Waals surface area contributed by atoms with Crippen LogP contribution >= 0.6 is 22.7 Å². The van der Waals surface area contributed by atoms with Crippen molar-refractivity contribution in [2.45, 2.75) is 12.4 Å². The lowest BCUT2D eigenvalue weighted by Gasteiger charge is -2.11. The Hall–Kier alpha value is -4.49. The number of benzene rings is 2. The second kappa shape index (κ2) is 10.4. The number of carbonyl (C=O) groups excluding carboxylic acids is 1. The summed E-state index contributed by atoms with van der Waals surface area (Å²) in [5, 5.41) is 3.02. The Bertz CT molecular complexity index is 1750. The summed E-state index contributed by atoms with van der Waals surface area (Å²) in [6.45, 7) is 0. The van der Waals surface area contributed by atoms with Gasteiger partial charge in [-0.2, -0.15) is 26.3 Å². The molecular weight excluding hydrogens is 602 g/mol. The molecule has 2 aromatic carbocycles. The number of aromatic nitrogens is 2. The summed E-state index contributed by atoms with van der Waals surface area (Å²) in [7, 11) is 0. The molecule has 0 saturated carbocycles. The molecule has 212 valence electrons. The molecule has 0 fully saturated rings. The molecule has 0 amide bonds. The first-order valence-corrected chi connectivity index (χ1v) is 13.7. The largest absolute Gasteiger partial charge is 0.445 e. The third-order valence-electron chi connectivity index (χ3n) is 6.27. The van der Waals surface area contributed by atoms with Crippen molar-refractivity contribution >= 4 is 28.5 Å². The third kappa shape index (κ3) is 5.28. The highest BCUT2D eigenvalue weighted by atomic mass is 32.1. The molecule has 0 unspecified atom stereocenters. The molecule has 0 N–H and O–H groups in total. The predicted octanol–water partition coefficient (Wildman–Crippen LogP) is 9.72. The van der Waals surface area contributed by atoms with Gasteiger partial charge in [0.05, 0.1) is 23.5 Å². The van der Waals surface area contributed by atoms with Crippen molar-refractivity contribution in [1.29, 1.82) is 0 Å². The van der Waals surface area contributed by atoms with Gasteiger partial charge < -0.3 is 8.83 Å². The molecule has 5 nitrogen and oxygen atoms in total. The molecular formula is C29H14F6N2O3S2. The minimum atomic E-state index is -4.60. The van der Waals surface area contributed by atoms with Crippen LogP contribution in [0, 0.1) is 0 Å². The van der Waals surface area contributed by atoms with E-state index in [1.165, 1.54) is 59.9 Å². The minimum Gasteiger partial charge on any atom is -0.445 e. The average Bonchev–Trinajstić information content (AvgIpc) is 3.78. The first-order valence-electron chi connectivity index (χ1n) is 11.9. The average molecular weight is 617 g/mol. The summed E-state index contributed by atoms with van der Waals surface area (Å²) in [5.74, 6) is -0.217. The smallest absolute Gasteiger partial charge is 0.416 e. The number of rotatable bonds is 6. The molecule has 4 heterocycles. The van der Waals surface area contributed by atoms with Crippen molar-refractivity contribution < 1.29 is 40.0 Å². The molecule has 42 heavy (non-hydrogen) atoms. The van der Waals surface area contributed by atoms with Gasteiger partial charge >= 0.3 is 12.4 Å². The Balaban J connectivity index is 1.37. The zero-order chi connectivity index (χ0) is 29.6. The molecule has 0 bridgehead atoms. The number of alkyl halides is 6. The van der Waals surface area contributed by atoms with E-state index in [1.807, 2.05) is 0 Å². The molecule has 0 aliphatic rings. The number of hydrogen-bond acceptors (Lipinski definition) is 7. The summed E-state index contributed by atoms with van der Waals surface area (Å²) in [6.07, 6.45) is -3.86. The number of hydrogen-bond donors (Lipinski definition) is 0. The van der Waals surface area contributed by atoms with Gasteiger partial charge in [0.25, 0.3) is 0 Å². The Morgan fingerprint density at radius 3 is 1.40 bits per heavy atom. The fourth-order valence-electron chi connectivity index (χ4n) is 4.29. The van der Waals surface area contributed by atoms with Gasteiger partial charge in [-0.3, -0.25) is 4.79 Å². The predicted molar refractivity (Wildman–Crippen MR) is 144 cm³/mol. The van der Waals surface area contributed by atoms with Crippen LogP contribution in [0.4, 0.5) is 26.3 Å². The van der Waals surface area contributed by atoms with Gasteiger partial charge in [-0.05, 0) is 48.5 Å². The number of oxazole rings is 2. The van der Waals surface area contributed by atoms with Crippen LogP contribution < -0.4 is 0 Å². The zero-order valence-electron chi connectivity index (χ0n) is 20.8. The maximum Gasteiger partial charge on any atom is 0.416 e. The quantitative estimate of drug-likeness (QED) is 0.138. The first-order chi connectivity index (χ1) is 20.0. The van der Waals surface area contributed by atoms with Gasteiger partial charge in [0.15, 0.2) is 5.78 Å². The van der Waals surface area contributed by atoms with Crippen molar-refractivity contribution in [2.24, 2.45) is 0 Å². The van der Waals surface area contributed by atoms with E-state index >= 15 is 0 Å². The number of halogens is 6. The van der Waals surface area contributed by atoms with Crippen molar-refractivity contribution in [3.05, 3.63) is 106 Å². The summed E-state index contributed by atoms with van der Waals surface area (Å²) in [5.41, 5.74) is -0.354. The molecule has 6 aromatic rings. The van der Waals surface area contributed by atoms with E-state index in [0.717, 1.165) is 46.9 Å². The van der Waals surface area contributed by atoms with Crippen LogP contribution in [-0.4, -0.2) is 15.8 Å². The lowest BCUT2D eigenvalue weighted by Crippen LogP contribution is -2.05. The van der Waals surface area contributed by atoms with Crippen molar-refractivity contribution in [3.8, 4) is 43.8 Å². The van der Waals surface area contributed by atoms with Crippen molar-refractivity contribution in [2.75, 3.05) is 0 Å². The second-order valence-corrected chi connectivity index (χ2v) is 10.7. The monoisotopic (exact) mass is 616 g/mol. The normalized spacial score (nSPS) is 12.1. The maximum atomic E-state index is 13.5. The van der Waals surface area contributed by atoms with Crippen molar-refractivity contribution in [1.82, 2.24) is 9.97 Å². The fraction of sp³-hybridized carbons (Fsp3) is 0.0690. The van der Waals surface area contributed by atoms with Crippen LogP contribution in [0.5, 0.6) is 0 Å². The maximum absolute atomic E-state index is 13.5. The van der Waals surface area contributed by atoms with Gasteiger partial charge in [-0.15, -0.1) is 22.7 Å². The fourth-order valence-corrected chi connectivity index (χ4v) is 6.13. The van der Waals surface area contributed by atoms with E-state index in [-0.39, 0.29) is 34.0 Å². The highest BCUT2D eigenvalue weighted by molar-refractivity contribution is 7.14.